The number of hydrogen-bond donors (Lipinski definition) is 2. The minimum atomic E-state index is 0.242. The lowest BCUT2D eigenvalue weighted by atomic mass is 9.96. The summed E-state index contributed by atoms with van der Waals surface area (Å²) in [6.45, 7) is 11.8. The predicted molar refractivity (Wildman–Crippen MR) is 73.3 cm³/mol. The molecule has 0 fully saturated rings. The number of rotatable bonds is 5. The van der Waals surface area contributed by atoms with Gasteiger partial charge in [-0.05, 0) is 55.9 Å². The van der Waals surface area contributed by atoms with Gasteiger partial charge in [0.15, 0.2) is 0 Å². The molecule has 0 heterocycles. The van der Waals surface area contributed by atoms with Crippen LogP contribution in [0.5, 0.6) is 0 Å². The highest BCUT2D eigenvalue weighted by Crippen LogP contribution is 2.21. The molecule has 1 rings (SSSR count). The van der Waals surface area contributed by atoms with Crippen molar-refractivity contribution in [2.45, 2.75) is 40.7 Å². The quantitative estimate of drug-likeness (QED) is 0.822. The van der Waals surface area contributed by atoms with Crippen molar-refractivity contribution in [2.24, 2.45) is 5.92 Å². The molecule has 17 heavy (non-hydrogen) atoms. The van der Waals surface area contributed by atoms with E-state index in [0.717, 1.165) is 6.54 Å². The average molecular weight is 235 g/mol. The monoisotopic (exact) mass is 235 g/mol. The van der Waals surface area contributed by atoms with Crippen molar-refractivity contribution < 1.29 is 5.11 Å². The fourth-order valence-electron chi connectivity index (χ4n) is 2.00. The smallest absolute Gasteiger partial charge is 0.0468 e. The standard InChI is InChI=1S/C15H25NO/c1-10(9-17)8-16-14(5)15-7-12(3)11(2)6-13(15)4/h6-7,10,14,16-17H,8-9H2,1-5H3. The van der Waals surface area contributed by atoms with Gasteiger partial charge < -0.3 is 10.4 Å². The van der Waals surface area contributed by atoms with Gasteiger partial charge in [0, 0.05) is 19.2 Å². The minimum Gasteiger partial charge on any atom is -0.396 e. The van der Waals surface area contributed by atoms with Crippen molar-refractivity contribution in [3.63, 3.8) is 0 Å². The third kappa shape index (κ3) is 3.83. The molecule has 2 N–H and O–H groups in total. The van der Waals surface area contributed by atoms with E-state index in [2.05, 4.69) is 45.1 Å². The molecule has 0 aliphatic heterocycles. The second-order valence-corrected chi connectivity index (χ2v) is 5.21. The highest BCUT2D eigenvalue weighted by atomic mass is 16.3. The second kappa shape index (κ2) is 6.18. The lowest BCUT2D eigenvalue weighted by Crippen LogP contribution is -2.26. The summed E-state index contributed by atoms with van der Waals surface area (Å²) in [6, 6.07) is 4.85. The molecule has 0 aliphatic carbocycles. The Hall–Kier alpha value is -0.860. The van der Waals surface area contributed by atoms with Crippen molar-refractivity contribution in [1.82, 2.24) is 5.32 Å². The molecule has 2 nitrogen and oxygen atoms in total. The van der Waals surface area contributed by atoms with Crippen molar-refractivity contribution in [3.05, 3.63) is 34.4 Å². The lowest BCUT2D eigenvalue weighted by Gasteiger charge is -2.20. The summed E-state index contributed by atoms with van der Waals surface area (Å²) in [7, 11) is 0. The molecule has 0 radical (unpaired) electrons. The van der Waals surface area contributed by atoms with Gasteiger partial charge in [-0.3, -0.25) is 0 Å². The number of hydrogen-bond acceptors (Lipinski definition) is 2. The topological polar surface area (TPSA) is 32.3 Å². The van der Waals surface area contributed by atoms with Crippen molar-refractivity contribution in [2.75, 3.05) is 13.2 Å². The first kappa shape index (κ1) is 14.2. The zero-order valence-corrected chi connectivity index (χ0v) is 11.7. The van der Waals surface area contributed by atoms with E-state index < -0.39 is 0 Å². The third-order valence-corrected chi connectivity index (χ3v) is 3.43. The molecular formula is C15H25NO. The molecule has 0 aliphatic rings. The summed E-state index contributed by atoms with van der Waals surface area (Å²) < 4.78 is 0. The Morgan fingerprint density at radius 3 is 2.24 bits per heavy atom. The van der Waals surface area contributed by atoms with Gasteiger partial charge in [0.05, 0.1) is 0 Å². The Balaban J connectivity index is 2.75. The van der Waals surface area contributed by atoms with E-state index in [0.29, 0.717) is 12.0 Å². The molecule has 0 aromatic heterocycles. The van der Waals surface area contributed by atoms with Gasteiger partial charge in [0.2, 0.25) is 0 Å². The van der Waals surface area contributed by atoms with E-state index in [1.807, 2.05) is 6.92 Å². The SMILES string of the molecule is Cc1cc(C)c(C(C)NCC(C)CO)cc1C. The molecule has 2 atom stereocenters. The maximum atomic E-state index is 9.01. The van der Waals surface area contributed by atoms with Crippen LogP contribution in [0.4, 0.5) is 0 Å². The van der Waals surface area contributed by atoms with Crippen molar-refractivity contribution >= 4 is 0 Å². The summed E-state index contributed by atoms with van der Waals surface area (Å²) in [6.07, 6.45) is 0. The maximum absolute atomic E-state index is 9.01. The summed E-state index contributed by atoms with van der Waals surface area (Å²) in [5.41, 5.74) is 5.39. The van der Waals surface area contributed by atoms with Crippen LogP contribution in [0.15, 0.2) is 12.1 Å². The molecular weight excluding hydrogens is 210 g/mol. The van der Waals surface area contributed by atoms with Crippen LogP contribution in [0.25, 0.3) is 0 Å². The molecule has 0 saturated carbocycles. The second-order valence-electron chi connectivity index (χ2n) is 5.21. The highest BCUT2D eigenvalue weighted by Gasteiger charge is 2.10. The number of aryl methyl sites for hydroxylation is 3. The number of aliphatic hydroxyl groups excluding tert-OH is 1. The van der Waals surface area contributed by atoms with Crippen LogP contribution in [0.1, 0.15) is 42.1 Å². The van der Waals surface area contributed by atoms with Gasteiger partial charge in [-0.15, -0.1) is 0 Å². The molecule has 0 bridgehead atoms. The third-order valence-electron chi connectivity index (χ3n) is 3.43. The van der Waals surface area contributed by atoms with Gasteiger partial charge in [-0.25, -0.2) is 0 Å². The van der Waals surface area contributed by atoms with Gasteiger partial charge in [-0.1, -0.05) is 19.1 Å². The zero-order valence-electron chi connectivity index (χ0n) is 11.7. The lowest BCUT2D eigenvalue weighted by molar-refractivity contribution is 0.231. The number of benzene rings is 1. The molecule has 1 aromatic carbocycles. The van der Waals surface area contributed by atoms with E-state index in [9.17, 15) is 0 Å². The van der Waals surface area contributed by atoms with E-state index in [-0.39, 0.29) is 6.61 Å². The van der Waals surface area contributed by atoms with Crippen LogP contribution >= 0.6 is 0 Å². The predicted octanol–water partition coefficient (Wildman–Crippen LogP) is 2.89. The van der Waals surface area contributed by atoms with Crippen LogP contribution < -0.4 is 5.32 Å². The van der Waals surface area contributed by atoms with Gasteiger partial charge >= 0.3 is 0 Å². The summed E-state index contributed by atoms with van der Waals surface area (Å²) in [5.74, 6) is 0.310. The van der Waals surface area contributed by atoms with E-state index in [1.165, 1.54) is 22.3 Å². The first-order valence-corrected chi connectivity index (χ1v) is 6.37. The van der Waals surface area contributed by atoms with E-state index >= 15 is 0 Å². The Kier molecular flexibility index (Phi) is 5.16. The van der Waals surface area contributed by atoms with Crippen molar-refractivity contribution in [1.29, 1.82) is 0 Å². The van der Waals surface area contributed by atoms with Crippen LogP contribution in [0, 0.1) is 26.7 Å². The van der Waals surface area contributed by atoms with Gasteiger partial charge in [0.1, 0.15) is 0 Å². The molecule has 0 saturated heterocycles. The molecule has 2 unspecified atom stereocenters. The molecule has 0 spiro atoms. The summed E-state index contributed by atoms with van der Waals surface area (Å²) in [5, 5.41) is 12.5. The molecule has 1 aromatic rings. The average Bonchev–Trinajstić information content (AvgIpc) is 2.30. The number of aliphatic hydroxyl groups is 1. The van der Waals surface area contributed by atoms with Crippen LogP contribution in [0.3, 0.4) is 0 Å². The summed E-state index contributed by atoms with van der Waals surface area (Å²) in [4.78, 5) is 0. The Bertz CT molecular complexity index is 373. The fourth-order valence-corrected chi connectivity index (χ4v) is 2.00. The zero-order chi connectivity index (χ0) is 13.0. The van der Waals surface area contributed by atoms with E-state index in [4.69, 9.17) is 5.11 Å². The number of nitrogens with one attached hydrogen (secondary N) is 1. The first-order chi connectivity index (χ1) is 7.95. The minimum absolute atomic E-state index is 0.242. The normalized spacial score (nSPS) is 14.7. The Morgan fingerprint density at radius 1 is 1.06 bits per heavy atom. The van der Waals surface area contributed by atoms with Crippen LogP contribution in [-0.2, 0) is 0 Å². The molecule has 0 amide bonds. The van der Waals surface area contributed by atoms with Gasteiger partial charge in [0.25, 0.3) is 0 Å². The Labute approximate surface area is 105 Å². The van der Waals surface area contributed by atoms with Crippen molar-refractivity contribution in [3.8, 4) is 0 Å². The van der Waals surface area contributed by atoms with E-state index in [1.54, 1.807) is 0 Å². The van der Waals surface area contributed by atoms with Crippen LogP contribution in [0.2, 0.25) is 0 Å². The molecule has 96 valence electrons. The largest absolute Gasteiger partial charge is 0.396 e. The Morgan fingerprint density at radius 2 is 1.65 bits per heavy atom. The first-order valence-electron chi connectivity index (χ1n) is 6.37. The van der Waals surface area contributed by atoms with Gasteiger partial charge in [-0.2, -0.15) is 0 Å². The maximum Gasteiger partial charge on any atom is 0.0468 e. The highest BCUT2D eigenvalue weighted by molar-refractivity contribution is 5.37. The van der Waals surface area contributed by atoms with Crippen LogP contribution in [-0.4, -0.2) is 18.3 Å². The fraction of sp³-hybridized carbons (Fsp3) is 0.600. The summed E-state index contributed by atoms with van der Waals surface area (Å²) >= 11 is 0. The molecule has 2 heteroatoms.